The van der Waals surface area contributed by atoms with Crippen molar-refractivity contribution in [2.24, 2.45) is 17.8 Å². The van der Waals surface area contributed by atoms with Crippen molar-refractivity contribution >= 4 is 5.97 Å². The predicted octanol–water partition coefficient (Wildman–Crippen LogP) is 2.71. The Bertz CT molecular complexity index is 1260. The normalized spacial score (nSPS) is 46.7. The molecule has 3 heterocycles. The molecule has 0 bridgehead atoms. The summed E-state index contributed by atoms with van der Waals surface area (Å²) in [5.74, 6) is -2.96. The van der Waals surface area contributed by atoms with Crippen molar-refractivity contribution in [2.45, 2.75) is 211 Å². The minimum Gasteiger partial charge on any atom is -0.459 e. The van der Waals surface area contributed by atoms with E-state index in [2.05, 4.69) is 17.6 Å². The van der Waals surface area contributed by atoms with Gasteiger partial charge < -0.3 is 69.5 Å². The quantitative estimate of drug-likeness (QED) is 0.106. The van der Waals surface area contributed by atoms with Crippen LogP contribution in [-0.4, -0.2) is 167 Å². The standard InChI is InChI=1S/C43H83N3O12/c1-15-17-18-19-44-24-43(52)30(8)55-33(22-41(43,10)53-14)57-35-28(6)37(58-39-34(47)31(46(12)13)20-27(5)54-39)40(9,50)21-26(4)45-23-25(3)36(48)42(11,51)32(16-2)56-38(49)29(35)7/h25-37,39,44-45,47-48,50-52H,15-24H2,1-14H3/t25-,26-,27-,28-,29-,30+,31+,32+,33?,34-,35-,36+,37-,39+,40-,41-,42-,43+/m1/s1. The first-order valence-electron chi connectivity index (χ1n) is 21.9. The number of carbonyl (C=O) groups excluding carboxylic acids is 1. The number of aliphatic hydroxyl groups excluding tert-OH is 2. The van der Waals surface area contributed by atoms with Crippen LogP contribution in [0, 0.1) is 17.8 Å². The van der Waals surface area contributed by atoms with E-state index in [-0.39, 0.29) is 44.0 Å². The van der Waals surface area contributed by atoms with E-state index in [1.807, 2.05) is 46.7 Å². The first kappa shape index (κ1) is 51.3. The fraction of sp³-hybridized carbons (Fsp3) is 0.977. The summed E-state index contributed by atoms with van der Waals surface area (Å²) in [6, 6.07) is -0.591. The molecule has 0 amide bonds. The molecular formula is C43H83N3O12. The molecular weight excluding hydrogens is 750 g/mol. The Morgan fingerprint density at radius 3 is 2.19 bits per heavy atom. The van der Waals surface area contributed by atoms with E-state index in [1.54, 1.807) is 41.7 Å². The van der Waals surface area contributed by atoms with Crippen molar-refractivity contribution in [3.8, 4) is 0 Å². The third kappa shape index (κ3) is 11.9. The molecule has 0 saturated carbocycles. The molecule has 3 aliphatic rings. The zero-order chi connectivity index (χ0) is 44.0. The van der Waals surface area contributed by atoms with Crippen molar-refractivity contribution in [1.82, 2.24) is 15.5 Å². The molecule has 342 valence electrons. The number of ether oxygens (including phenoxy) is 6. The zero-order valence-corrected chi connectivity index (χ0v) is 38.2. The molecule has 18 atom stereocenters. The van der Waals surface area contributed by atoms with Gasteiger partial charge in [-0.3, -0.25) is 4.79 Å². The molecule has 0 radical (unpaired) electrons. The number of methoxy groups -OCH3 is 1. The van der Waals surface area contributed by atoms with Crippen LogP contribution in [0.25, 0.3) is 0 Å². The smallest absolute Gasteiger partial charge is 0.311 e. The maximum Gasteiger partial charge on any atom is 0.311 e. The number of unbranched alkanes of at least 4 members (excludes halogenated alkanes) is 2. The van der Waals surface area contributed by atoms with E-state index in [0.717, 1.165) is 25.8 Å². The van der Waals surface area contributed by atoms with E-state index in [0.29, 0.717) is 13.0 Å². The van der Waals surface area contributed by atoms with Gasteiger partial charge in [-0.05, 0) is 101 Å². The van der Waals surface area contributed by atoms with Gasteiger partial charge in [0.1, 0.15) is 29.0 Å². The summed E-state index contributed by atoms with van der Waals surface area (Å²) in [6.45, 7) is 21.0. The SMILES string of the molecule is CCCCCNC[C@]1(O)[C@H](C)OC(O[C@@H]2[C@@H](C)[C@@H](O[C@@H]3O[C@H](C)C[C@H](N(C)C)[C@H]3O)[C@](C)(O)C[C@@H](C)NC[C@@H](C)[C@H](O)[C@](C)(O)[C@H](CC)OC(=O)[C@@H]2C)C[C@@]1(C)OC. The Labute approximate surface area is 349 Å². The molecule has 0 aromatic heterocycles. The summed E-state index contributed by atoms with van der Waals surface area (Å²) in [5.41, 5.74) is -5.96. The lowest BCUT2D eigenvalue weighted by atomic mass is 9.75. The van der Waals surface area contributed by atoms with Crippen molar-refractivity contribution in [2.75, 3.05) is 40.8 Å². The Hall–Kier alpha value is -1.05. The number of aliphatic hydroxyl groups is 5. The Kier molecular flexibility index (Phi) is 18.9. The number of nitrogens with zero attached hydrogens (tertiary/aromatic N) is 1. The number of cyclic esters (lactones) is 1. The van der Waals surface area contributed by atoms with Gasteiger partial charge in [-0.2, -0.15) is 0 Å². The summed E-state index contributed by atoms with van der Waals surface area (Å²) in [4.78, 5) is 16.3. The highest BCUT2D eigenvalue weighted by Crippen LogP contribution is 2.43. The van der Waals surface area contributed by atoms with Crippen LogP contribution in [-0.2, 0) is 33.2 Å². The number of rotatable bonds is 13. The fourth-order valence-electron chi connectivity index (χ4n) is 9.51. The molecule has 3 aliphatic heterocycles. The lowest BCUT2D eigenvalue weighted by Gasteiger charge is -2.53. The highest BCUT2D eigenvalue weighted by molar-refractivity contribution is 5.73. The highest BCUT2D eigenvalue weighted by Gasteiger charge is 2.58. The van der Waals surface area contributed by atoms with Gasteiger partial charge in [0.05, 0.1) is 42.0 Å². The second-order valence-electron chi connectivity index (χ2n) is 18.9. The molecule has 15 heteroatoms. The second kappa shape index (κ2) is 21.4. The van der Waals surface area contributed by atoms with Crippen LogP contribution in [0.1, 0.15) is 121 Å². The van der Waals surface area contributed by atoms with Gasteiger partial charge in [0.2, 0.25) is 0 Å². The van der Waals surface area contributed by atoms with E-state index >= 15 is 0 Å². The zero-order valence-electron chi connectivity index (χ0n) is 38.2. The van der Waals surface area contributed by atoms with Crippen LogP contribution in [0.4, 0.5) is 0 Å². The first-order chi connectivity index (χ1) is 26.9. The molecule has 1 unspecified atom stereocenters. The third-order valence-corrected chi connectivity index (χ3v) is 13.6. The van der Waals surface area contributed by atoms with Gasteiger partial charge >= 0.3 is 5.97 Å². The number of hydrogen-bond acceptors (Lipinski definition) is 15. The van der Waals surface area contributed by atoms with Crippen LogP contribution in [0.15, 0.2) is 0 Å². The van der Waals surface area contributed by atoms with Gasteiger partial charge in [0.25, 0.3) is 0 Å². The van der Waals surface area contributed by atoms with Crippen molar-refractivity contribution < 1.29 is 58.7 Å². The second-order valence-corrected chi connectivity index (χ2v) is 18.9. The topological polar surface area (TPSA) is 201 Å². The van der Waals surface area contributed by atoms with Gasteiger partial charge in [0, 0.05) is 44.6 Å². The van der Waals surface area contributed by atoms with E-state index in [1.165, 1.54) is 6.92 Å². The van der Waals surface area contributed by atoms with Gasteiger partial charge in [-0.1, -0.05) is 40.5 Å². The van der Waals surface area contributed by atoms with E-state index in [4.69, 9.17) is 28.4 Å². The Morgan fingerprint density at radius 1 is 0.948 bits per heavy atom. The molecule has 0 aromatic rings. The lowest BCUT2D eigenvalue weighted by Crippen LogP contribution is -2.70. The van der Waals surface area contributed by atoms with Crippen molar-refractivity contribution in [3.63, 3.8) is 0 Å². The maximum absolute atomic E-state index is 14.4. The van der Waals surface area contributed by atoms with Gasteiger partial charge in [0.15, 0.2) is 12.6 Å². The van der Waals surface area contributed by atoms with Crippen molar-refractivity contribution in [1.29, 1.82) is 0 Å². The number of carbonyl (C=O) groups is 1. The summed E-state index contributed by atoms with van der Waals surface area (Å²) < 4.78 is 38.5. The average Bonchev–Trinajstić information content (AvgIpc) is 3.15. The average molecular weight is 834 g/mol. The maximum atomic E-state index is 14.4. The summed E-state index contributed by atoms with van der Waals surface area (Å²) >= 11 is 0. The molecule has 0 aliphatic carbocycles. The molecule has 0 spiro atoms. The molecule has 3 saturated heterocycles. The molecule has 15 nitrogen and oxygen atoms in total. The van der Waals surface area contributed by atoms with E-state index < -0.39 is 95.3 Å². The summed E-state index contributed by atoms with van der Waals surface area (Å²) in [5, 5.41) is 66.2. The van der Waals surface area contributed by atoms with Gasteiger partial charge in [-0.25, -0.2) is 0 Å². The van der Waals surface area contributed by atoms with Gasteiger partial charge in [-0.15, -0.1) is 0 Å². The minimum atomic E-state index is -1.79. The number of likely N-dealkylation sites (N-methyl/N-ethyl adjacent to an activating group) is 1. The molecule has 58 heavy (non-hydrogen) atoms. The minimum absolute atomic E-state index is 0.0949. The summed E-state index contributed by atoms with van der Waals surface area (Å²) in [6.07, 6.45) is -4.49. The number of nitrogens with one attached hydrogen (secondary N) is 2. The number of esters is 1. The first-order valence-corrected chi connectivity index (χ1v) is 21.9. The molecule has 0 aromatic carbocycles. The molecule has 3 fully saturated rings. The lowest BCUT2D eigenvalue weighted by molar-refractivity contribution is -0.336. The largest absolute Gasteiger partial charge is 0.459 e. The molecule has 3 rings (SSSR count). The van der Waals surface area contributed by atoms with Crippen LogP contribution in [0.5, 0.6) is 0 Å². The van der Waals surface area contributed by atoms with Crippen LogP contribution >= 0.6 is 0 Å². The van der Waals surface area contributed by atoms with Crippen LogP contribution in [0.2, 0.25) is 0 Å². The molecule has 7 N–H and O–H groups in total. The number of hydrogen-bond donors (Lipinski definition) is 7. The van der Waals surface area contributed by atoms with Crippen molar-refractivity contribution in [3.05, 3.63) is 0 Å². The van der Waals surface area contributed by atoms with Crippen LogP contribution < -0.4 is 10.6 Å². The van der Waals surface area contributed by atoms with E-state index in [9.17, 15) is 30.3 Å². The fourth-order valence-corrected chi connectivity index (χ4v) is 9.51. The Balaban J connectivity index is 2.13. The Morgan fingerprint density at radius 2 is 1.60 bits per heavy atom. The summed E-state index contributed by atoms with van der Waals surface area (Å²) in [7, 11) is 5.32. The predicted molar refractivity (Wildman–Crippen MR) is 221 cm³/mol. The highest BCUT2D eigenvalue weighted by atomic mass is 16.7. The van der Waals surface area contributed by atoms with Crippen LogP contribution in [0.3, 0.4) is 0 Å². The monoisotopic (exact) mass is 834 g/mol. The third-order valence-electron chi connectivity index (χ3n) is 13.6.